The highest BCUT2D eigenvalue weighted by atomic mass is 16.3. The number of nitrogens with zero attached hydrogens (tertiary/aromatic N) is 2. The fourth-order valence-corrected chi connectivity index (χ4v) is 2.55. The van der Waals surface area contributed by atoms with E-state index in [0.29, 0.717) is 19.5 Å². The number of carbonyl (C=O) groups is 1. The molecule has 2 amide bonds. The van der Waals surface area contributed by atoms with Gasteiger partial charge in [0, 0.05) is 37.4 Å². The van der Waals surface area contributed by atoms with E-state index in [2.05, 4.69) is 10.3 Å². The lowest BCUT2D eigenvalue weighted by Crippen LogP contribution is -2.45. The second-order valence-corrected chi connectivity index (χ2v) is 5.95. The monoisotopic (exact) mass is 327 g/mol. The molecule has 0 fully saturated rings. The minimum absolute atomic E-state index is 0.0366. The topological polar surface area (TPSA) is 65.5 Å². The van der Waals surface area contributed by atoms with Gasteiger partial charge in [-0.15, -0.1) is 0 Å². The Morgan fingerprint density at radius 3 is 2.67 bits per heavy atom. The summed E-state index contributed by atoms with van der Waals surface area (Å²) in [6.07, 6.45) is 2.42. The second-order valence-electron chi connectivity index (χ2n) is 5.95. The molecule has 5 nitrogen and oxygen atoms in total. The van der Waals surface area contributed by atoms with Gasteiger partial charge in [0.2, 0.25) is 0 Å². The molecule has 2 N–H and O–H groups in total. The number of pyridine rings is 1. The van der Waals surface area contributed by atoms with Gasteiger partial charge in [-0.1, -0.05) is 30.3 Å². The van der Waals surface area contributed by atoms with Gasteiger partial charge in [0.15, 0.2) is 0 Å². The van der Waals surface area contributed by atoms with E-state index in [1.54, 1.807) is 11.1 Å². The number of benzene rings is 1. The molecule has 0 bridgehead atoms. The smallest absolute Gasteiger partial charge is 0.317 e. The van der Waals surface area contributed by atoms with Gasteiger partial charge >= 0.3 is 6.03 Å². The zero-order valence-corrected chi connectivity index (χ0v) is 14.3. The SMILES string of the molecule is Cc1ccccc1CN(CCO)C(=O)N[C@@H](C)Cc1ccccn1. The molecule has 1 aromatic carbocycles. The molecule has 0 spiro atoms. The van der Waals surface area contributed by atoms with Gasteiger partial charge < -0.3 is 15.3 Å². The minimum atomic E-state index is -0.171. The average molecular weight is 327 g/mol. The zero-order valence-electron chi connectivity index (χ0n) is 14.3. The predicted octanol–water partition coefficient (Wildman–Crippen LogP) is 2.53. The van der Waals surface area contributed by atoms with Crippen molar-refractivity contribution < 1.29 is 9.90 Å². The van der Waals surface area contributed by atoms with Crippen molar-refractivity contribution in [2.45, 2.75) is 32.9 Å². The molecule has 24 heavy (non-hydrogen) atoms. The van der Waals surface area contributed by atoms with Crippen LogP contribution in [-0.4, -0.2) is 40.2 Å². The largest absolute Gasteiger partial charge is 0.395 e. The standard InChI is InChI=1S/C19H25N3O2/c1-15-7-3-4-8-17(15)14-22(11-12-23)19(24)21-16(2)13-18-9-5-6-10-20-18/h3-10,16,23H,11-14H2,1-2H3,(H,21,24)/t16-/m0/s1. The van der Waals surface area contributed by atoms with Crippen molar-refractivity contribution in [2.75, 3.05) is 13.2 Å². The highest BCUT2D eigenvalue weighted by Gasteiger charge is 2.17. The van der Waals surface area contributed by atoms with Crippen LogP contribution in [0.3, 0.4) is 0 Å². The molecule has 5 heteroatoms. The minimum Gasteiger partial charge on any atom is -0.395 e. The highest BCUT2D eigenvalue weighted by molar-refractivity contribution is 5.74. The van der Waals surface area contributed by atoms with Crippen molar-refractivity contribution in [3.05, 3.63) is 65.5 Å². The van der Waals surface area contributed by atoms with Crippen LogP contribution in [0.15, 0.2) is 48.7 Å². The first-order chi connectivity index (χ1) is 11.6. The van der Waals surface area contributed by atoms with Crippen molar-refractivity contribution in [1.82, 2.24) is 15.2 Å². The van der Waals surface area contributed by atoms with E-state index in [-0.39, 0.29) is 18.7 Å². The normalized spacial score (nSPS) is 11.8. The van der Waals surface area contributed by atoms with E-state index in [1.807, 2.05) is 56.3 Å². The van der Waals surface area contributed by atoms with Crippen LogP contribution in [0.5, 0.6) is 0 Å². The third kappa shape index (κ3) is 5.35. The Morgan fingerprint density at radius 1 is 1.25 bits per heavy atom. The van der Waals surface area contributed by atoms with Crippen LogP contribution >= 0.6 is 0 Å². The number of amides is 2. The molecule has 0 saturated heterocycles. The summed E-state index contributed by atoms with van der Waals surface area (Å²) in [6.45, 7) is 4.70. The summed E-state index contributed by atoms with van der Waals surface area (Å²) in [7, 11) is 0. The summed E-state index contributed by atoms with van der Waals surface area (Å²) in [4.78, 5) is 18.5. The molecule has 0 saturated carbocycles. The maximum atomic E-state index is 12.5. The van der Waals surface area contributed by atoms with Gasteiger partial charge in [0.1, 0.15) is 0 Å². The van der Waals surface area contributed by atoms with Gasteiger partial charge in [-0.2, -0.15) is 0 Å². The van der Waals surface area contributed by atoms with Gasteiger partial charge in [-0.25, -0.2) is 4.79 Å². The van der Waals surface area contributed by atoms with E-state index in [0.717, 1.165) is 16.8 Å². The number of hydrogen-bond acceptors (Lipinski definition) is 3. The molecule has 2 rings (SSSR count). The lowest BCUT2D eigenvalue weighted by molar-refractivity contribution is 0.171. The predicted molar refractivity (Wildman–Crippen MR) is 94.6 cm³/mol. The number of aromatic nitrogens is 1. The van der Waals surface area contributed by atoms with E-state index in [4.69, 9.17) is 0 Å². The number of carbonyl (C=O) groups excluding carboxylic acids is 1. The molecule has 0 unspecified atom stereocenters. The molecular formula is C19H25N3O2. The van der Waals surface area contributed by atoms with Crippen molar-refractivity contribution in [3.63, 3.8) is 0 Å². The van der Waals surface area contributed by atoms with Gasteiger partial charge in [-0.05, 0) is 37.1 Å². The van der Waals surface area contributed by atoms with Crippen molar-refractivity contribution >= 4 is 6.03 Å². The summed E-state index contributed by atoms with van der Waals surface area (Å²) in [6, 6.07) is 13.5. The second kappa shape index (κ2) is 9.03. The fraction of sp³-hybridized carbons (Fsp3) is 0.368. The quantitative estimate of drug-likeness (QED) is 0.821. The Morgan fingerprint density at radius 2 is 2.00 bits per heavy atom. The first kappa shape index (κ1) is 17.9. The lowest BCUT2D eigenvalue weighted by Gasteiger charge is -2.25. The maximum Gasteiger partial charge on any atom is 0.317 e. The Bertz CT molecular complexity index is 646. The third-order valence-corrected chi connectivity index (χ3v) is 3.89. The number of aliphatic hydroxyl groups is 1. The number of aliphatic hydroxyl groups excluding tert-OH is 1. The molecule has 0 aliphatic rings. The van der Waals surface area contributed by atoms with Crippen LogP contribution in [0.1, 0.15) is 23.7 Å². The molecule has 0 aliphatic heterocycles. The van der Waals surface area contributed by atoms with Crippen LogP contribution in [0.25, 0.3) is 0 Å². The Balaban J connectivity index is 1.97. The molecule has 128 valence electrons. The van der Waals surface area contributed by atoms with Gasteiger partial charge in [0.05, 0.1) is 6.61 Å². The van der Waals surface area contributed by atoms with E-state index >= 15 is 0 Å². The van der Waals surface area contributed by atoms with Crippen molar-refractivity contribution in [3.8, 4) is 0 Å². The van der Waals surface area contributed by atoms with Crippen LogP contribution in [-0.2, 0) is 13.0 Å². The number of hydrogen-bond donors (Lipinski definition) is 2. The number of urea groups is 1. The van der Waals surface area contributed by atoms with Crippen LogP contribution in [0.2, 0.25) is 0 Å². The molecule has 2 aromatic rings. The number of nitrogens with one attached hydrogen (secondary N) is 1. The molecule has 1 heterocycles. The summed E-state index contributed by atoms with van der Waals surface area (Å²) < 4.78 is 0. The van der Waals surface area contributed by atoms with Crippen molar-refractivity contribution in [2.24, 2.45) is 0 Å². The van der Waals surface area contributed by atoms with Crippen molar-refractivity contribution in [1.29, 1.82) is 0 Å². The summed E-state index contributed by atoms with van der Waals surface area (Å²) in [5.74, 6) is 0. The maximum absolute atomic E-state index is 12.5. The first-order valence-corrected chi connectivity index (χ1v) is 8.21. The lowest BCUT2D eigenvalue weighted by atomic mass is 10.1. The molecular weight excluding hydrogens is 302 g/mol. The van der Waals surface area contributed by atoms with E-state index in [9.17, 15) is 9.90 Å². The molecule has 1 atom stereocenters. The molecule has 1 aromatic heterocycles. The van der Waals surface area contributed by atoms with Gasteiger partial charge in [0.25, 0.3) is 0 Å². The number of rotatable bonds is 7. The number of aryl methyl sites for hydroxylation is 1. The molecule has 0 radical (unpaired) electrons. The Labute approximate surface area is 143 Å². The van der Waals surface area contributed by atoms with Gasteiger partial charge in [-0.3, -0.25) is 4.98 Å². The summed E-state index contributed by atoms with van der Waals surface area (Å²) >= 11 is 0. The zero-order chi connectivity index (χ0) is 17.4. The molecule has 0 aliphatic carbocycles. The highest BCUT2D eigenvalue weighted by Crippen LogP contribution is 2.11. The Hall–Kier alpha value is -2.40. The van der Waals surface area contributed by atoms with E-state index in [1.165, 1.54) is 0 Å². The summed E-state index contributed by atoms with van der Waals surface area (Å²) in [5, 5.41) is 12.3. The Kier molecular flexibility index (Phi) is 6.75. The first-order valence-electron chi connectivity index (χ1n) is 8.21. The van der Waals surface area contributed by atoms with Crippen LogP contribution in [0, 0.1) is 6.92 Å². The van der Waals surface area contributed by atoms with Crippen LogP contribution in [0.4, 0.5) is 4.79 Å². The summed E-state index contributed by atoms with van der Waals surface area (Å²) in [5.41, 5.74) is 3.16. The average Bonchev–Trinajstić information content (AvgIpc) is 2.57. The van der Waals surface area contributed by atoms with E-state index < -0.39 is 0 Å². The third-order valence-electron chi connectivity index (χ3n) is 3.89. The fourth-order valence-electron chi connectivity index (χ4n) is 2.55. The van der Waals surface area contributed by atoms with Crippen LogP contribution < -0.4 is 5.32 Å².